The summed E-state index contributed by atoms with van der Waals surface area (Å²) in [6, 6.07) is 7.79. The average molecular weight is 265 g/mol. The Labute approximate surface area is 112 Å². The van der Waals surface area contributed by atoms with Crippen molar-refractivity contribution in [3.05, 3.63) is 23.8 Å². The van der Waals surface area contributed by atoms with Crippen LogP contribution in [-0.2, 0) is 6.42 Å². The number of nitrogens with zero attached hydrogens (tertiary/aromatic N) is 1. The molecule has 0 radical (unpaired) electrons. The first-order valence-electron chi connectivity index (χ1n) is 5.95. The van der Waals surface area contributed by atoms with Crippen molar-refractivity contribution in [3.63, 3.8) is 0 Å². The highest BCUT2D eigenvalue weighted by Gasteiger charge is 2.00. The number of thioether (sulfide) groups is 1. The zero-order valence-electron chi connectivity index (χ0n) is 10.4. The van der Waals surface area contributed by atoms with Gasteiger partial charge in [-0.15, -0.1) is 0 Å². The van der Waals surface area contributed by atoms with Gasteiger partial charge in [0.25, 0.3) is 0 Å². The third kappa shape index (κ3) is 5.30. The molecular formula is C13H19N3OS. The van der Waals surface area contributed by atoms with Crippen LogP contribution in [-0.4, -0.2) is 29.8 Å². The summed E-state index contributed by atoms with van der Waals surface area (Å²) in [6.07, 6.45) is 1.19. The van der Waals surface area contributed by atoms with Crippen molar-refractivity contribution in [2.45, 2.75) is 12.8 Å². The van der Waals surface area contributed by atoms with Crippen LogP contribution >= 0.6 is 11.8 Å². The second kappa shape index (κ2) is 8.67. The zero-order valence-corrected chi connectivity index (χ0v) is 11.2. The Bertz CT molecular complexity index is 404. The molecule has 0 spiro atoms. The Balaban J connectivity index is 2.34. The van der Waals surface area contributed by atoms with Crippen molar-refractivity contribution in [2.24, 2.45) is 0 Å². The number of nitrogens with one attached hydrogen (secondary N) is 1. The normalized spacial score (nSPS) is 10.0. The van der Waals surface area contributed by atoms with Gasteiger partial charge in [-0.05, 0) is 35.9 Å². The van der Waals surface area contributed by atoms with E-state index in [1.165, 1.54) is 0 Å². The van der Waals surface area contributed by atoms with E-state index in [1.807, 2.05) is 30.0 Å². The standard InChI is InChI=1S/C13H19N3OS/c14-5-4-11-10-12(2-3-13(11)15)16-6-9-18-8-1-7-17/h2-3,10,16-17H,1,4,6-9,15H2. The van der Waals surface area contributed by atoms with Gasteiger partial charge in [0.2, 0.25) is 0 Å². The van der Waals surface area contributed by atoms with Gasteiger partial charge >= 0.3 is 0 Å². The van der Waals surface area contributed by atoms with Gasteiger partial charge in [0.15, 0.2) is 0 Å². The van der Waals surface area contributed by atoms with E-state index in [9.17, 15) is 0 Å². The fraction of sp³-hybridized carbons (Fsp3) is 0.462. The second-order valence-electron chi connectivity index (χ2n) is 3.86. The molecule has 4 N–H and O–H groups in total. The monoisotopic (exact) mass is 265 g/mol. The molecule has 0 amide bonds. The van der Waals surface area contributed by atoms with Crippen molar-refractivity contribution in [1.82, 2.24) is 0 Å². The predicted octanol–water partition coefficient (Wildman–Crippen LogP) is 1.86. The molecule has 1 rings (SSSR count). The summed E-state index contributed by atoms with van der Waals surface area (Å²) in [6.45, 7) is 1.13. The maximum atomic E-state index is 8.68. The molecule has 1 aromatic rings. The molecule has 0 bridgehead atoms. The molecule has 98 valence electrons. The summed E-state index contributed by atoms with van der Waals surface area (Å²) in [5.41, 5.74) is 8.31. The number of anilines is 2. The number of benzene rings is 1. The third-order valence-corrected chi connectivity index (χ3v) is 3.50. The van der Waals surface area contributed by atoms with Crippen LogP contribution in [0.4, 0.5) is 11.4 Å². The molecule has 1 aromatic carbocycles. The van der Waals surface area contributed by atoms with Crippen molar-refractivity contribution in [3.8, 4) is 6.07 Å². The number of nitrogen functional groups attached to an aromatic ring is 1. The summed E-state index contributed by atoms with van der Waals surface area (Å²) in [5, 5.41) is 20.6. The first kappa shape index (κ1) is 14.7. The number of rotatable bonds is 8. The Morgan fingerprint density at radius 2 is 2.22 bits per heavy atom. The highest BCUT2D eigenvalue weighted by molar-refractivity contribution is 7.99. The minimum atomic E-state index is 0.260. The molecular weight excluding hydrogens is 246 g/mol. The Hall–Kier alpha value is -1.38. The number of aliphatic hydroxyl groups excluding tert-OH is 1. The van der Waals surface area contributed by atoms with Crippen molar-refractivity contribution in [1.29, 1.82) is 5.26 Å². The lowest BCUT2D eigenvalue weighted by atomic mass is 10.1. The predicted molar refractivity (Wildman–Crippen MR) is 77.7 cm³/mol. The molecule has 18 heavy (non-hydrogen) atoms. The van der Waals surface area contributed by atoms with Crippen molar-refractivity contribution >= 4 is 23.1 Å². The first-order valence-corrected chi connectivity index (χ1v) is 7.11. The van der Waals surface area contributed by atoms with Gasteiger partial charge in [-0.2, -0.15) is 17.0 Å². The van der Waals surface area contributed by atoms with Crippen molar-refractivity contribution in [2.75, 3.05) is 35.7 Å². The molecule has 0 atom stereocenters. The lowest BCUT2D eigenvalue weighted by Gasteiger charge is -2.09. The largest absolute Gasteiger partial charge is 0.398 e. The van der Waals surface area contributed by atoms with Crippen LogP contribution in [0.25, 0.3) is 0 Å². The Morgan fingerprint density at radius 1 is 1.39 bits per heavy atom. The van der Waals surface area contributed by atoms with Crippen LogP contribution in [0.5, 0.6) is 0 Å². The molecule has 4 nitrogen and oxygen atoms in total. The van der Waals surface area contributed by atoms with Gasteiger partial charge in [0.05, 0.1) is 12.5 Å². The molecule has 0 saturated heterocycles. The Kier molecular flexibility index (Phi) is 7.07. The first-order chi connectivity index (χ1) is 8.77. The molecule has 0 saturated carbocycles. The molecule has 0 unspecified atom stereocenters. The molecule has 0 aliphatic carbocycles. The fourth-order valence-corrected chi connectivity index (χ4v) is 2.27. The summed E-state index contributed by atoms with van der Waals surface area (Å²) in [4.78, 5) is 0. The average Bonchev–Trinajstić information content (AvgIpc) is 2.37. The van der Waals surface area contributed by atoms with E-state index in [1.54, 1.807) is 0 Å². The molecule has 0 aliphatic rings. The summed E-state index contributed by atoms with van der Waals surface area (Å²) in [5.74, 6) is 1.98. The van der Waals surface area contributed by atoms with E-state index < -0.39 is 0 Å². The fourth-order valence-electron chi connectivity index (χ4n) is 1.49. The van der Waals surface area contributed by atoms with Gasteiger partial charge < -0.3 is 16.2 Å². The van der Waals surface area contributed by atoms with E-state index in [-0.39, 0.29) is 6.61 Å². The van der Waals surface area contributed by atoms with E-state index in [2.05, 4.69) is 11.4 Å². The smallest absolute Gasteiger partial charge is 0.0670 e. The number of nitrogens with two attached hydrogens (primary N) is 1. The van der Waals surface area contributed by atoms with E-state index in [0.717, 1.165) is 35.7 Å². The number of hydrogen-bond acceptors (Lipinski definition) is 5. The lowest BCUT2D eigenvalue weighted by molar-refractivity contribution is 0.296. The van der Waals surface area contributed by atoms with Crippen molar-refractivity contribution < 1.29 is 5.11 Å². The van der Waals surface area contributed by atoms with Crippen LogP contribution < -0.4 is 11.1 Å². The van der Waals surface area contributed by atoms with Gasteiger partial charge in [-0.1, -0.05) is 0 Å². The highest BCUT2D eigenvalue weighted by Crippen LogP contribution is 2.18. The third-order valence-electron chi connectivity index (χ3n) is 2.43. The summed E-state index contributed by atoms with van der Waals surface area (Å²) in [7, 11) is 0. The van der Waals surface area contributed by atoms with Gasteiger partial charge in [0.1, 0.15) is 0 Å². The zero-order chi connectivity index (χ0) is 13.2. The molecule has 0 aromatic heterocycles. The molecule has 0 aliphatic heterocycles. The maximum Gasteiger partial charge on any atom is 0.0670 e. The quantitative estimate of drug-likeness (QED) is 0.494. The lowest BCUT2D eigenvalue weighted by Crippen LogP contribution is -2.05. The number of aliphatic hydroxyl groups is 1. The van der Waals surface area contributed by atoms with E-state index >= 15 is 0 Å². The number of nitriles is 1. The van der Waals surface area contributed by atoms with E-state index in [0.29, 0.717) is 12.1 Å². The van der Waals surface area contributed by atoms with E-state index in [4.69, 9.17) is 16.1 Å². The van der Waals surface area contributed by atoms with Gasteiger partial charge in [-0.25, -0.2) is 0 Å². The second-order valence-corrected chi connectivity index (χ2v) is 5.09. The SMILES string of the molecule is N#CCc1cc(NCCSCCCO)ccc1N. The maximum absolute atomic E-state index is 8.68. The van der Waals surface area contributed by atoms with Crippen LogP contribution in [0.3, 0.4) is 0 Å². The molecule has 0 heterocycles. The van der Waals surface area contributed by atoms with Crippen LogP contribution in [0, 0.1) is 11.3 Å². The molecule has 0 fully saturated rings. The summed E-state index contributed by atoms with van der Waals surface area (Å²) < 4.78 is 0. The molecule has 5 heteroatoms. The van der Waals surface area contributed by atoms with Crippen LogP contribution in [0.2, 0.25) is 0 Å². The van der Waals surface area contributed by atoms with Crippen LogP contribution in [0.1, 0.15) is 12.0 Å². The number of hydrogen-bond donors (Lipinski definition) is 3. The summed E-state index contributed by atoms with van der Waals surface area (Å²) >= 11 is 1.82. The minimum absolute atomic E-state index is 0.260. The van der Waals surface area contributed by atoms with Gasteiger partial charge in [0, 0.05) is 30.3 Å². The minimum Gasteiger partial charge on any atom is -0.398 e. The topological polar surface area (TPSA) is 82.1 Å². The van der Waals surface area contributed by atoms with Gasteiger partial charge in [-0.3, -0.25) is 0 Å². The Morgan fingerprint density at radius 3 is 2.94 bits per heavy atom. The van der Waals surface area contributed by atoms with Crippen LogP contribution in [0.15, 0.2) is 18.2 Å². The highest BCUT2D eigenvalue weighted by atomic mass is 32.2.